The van der Waals surface area contributed by atoms with Crippen molar-refractivity contribution in [2.45, 2.75) is 20.8 Å². The van der Waals surface area contributed by atoms with Crippen LogP contribution in [0.1, 0.15) is 23.6 Å². The Morgan fingerprint density at radius 2 is 1.74 bits per heavy atom. The third-order valence-corrected chi connectivity index (χ3v) is 3.04. The minimum atomic E-state index is 0.686. The molecule has 19 heavy (non-hydrogen) atoms. The van der Waals surface area contributed by atoms with Crippen molar-refractivity contribution in [2.75, 3.05) is 6.61 Å². The largest absolute Gasteiger partial charge is 0.494 e. The van der Waals surface area contributed by atoms with Crippen molar-refractivity contribution < 1.29 is 4.74 Å². The number of rotatable bonds is 4. The van der Waals surface area contributed by atoms with E-state index in [4.69, 9.17) is 4.74 Å². The van der Waals surface area contributed by atoms with E-state index >= 15 is 0 Å². The summed E-state index contributed by atoms with van der Waals surface area (Å²) in [5, 5.41) is 0. The van der Waals surface area contributed by atoms with E-state index in [1.807, 2.05) is 37.4 Å². The van der Waals surface area contributed by atoms with Gasteiger partial charge in [0.05, 0.1) is 12.3 Å². The van der Waals surface area contributed by atoms with Gasteiger partial charge >= 0.3 is 0 Å². The van der Waals surface area contributed by atoms with Gasteiger partial charge in [0, 0.05) is 6.21 Å². The van der Waals surface area contributed by atoms with Crippen LogP contribution in [-0.2, 0) is 0 Å². The molecule has 0 N–H and O–H groups in total. The maximum Gasteiger partial charge on any atom is 0.119 e. The molecule has 0 spiro atoms. The Labute approximate surface area is 114 Å². The Kier molecular flexibility index (Phi) is 4.35. The minimum absolute atomic E-state index is 0.686. The van der Waals surface area contributed by atoms with Gasteiger partial charge in [0.15, 0.2) is 0 Å². The molecule has 2 aromatic rings. The van der Waals surface area contributed by atoms with Gasteiger partial charge in [-0.25, -0.2) is 0 Å². The summed E-state index contributed by atoms with van der Waals surface area (Å²) in [5.74, 6) is 0.882. The first-order valence-electron chi connectivity index (χ1n) is 6.53. The first-order valence-corrected chi connectivity index (χ1v) is 6.53. The van der Waals surface area contributed by atoms with Crippen LogP contribution in [0.3, 0.4) is 0 Å². The van der Waals surface area contributed by atoms with Crippen LogP contribution in [-0.4, -0.2) is 12.8 Å². The predicted molar refractivity (Wildman–Crippen MR) is 80.8 cm³/mol. The van der Waals surface area contributed by atoms with Crippen molar-refractivity contribution in [3.8, 4) is 5.75 Å². The third kappa shape index (κ3) is 3.68. The normalized spacial score (nSPS) is 10.9. The molecular formula is C17H19NO. The molecule has 0 heterocycles. The Bertz CT molecular complexity index is 570. The minimum Gasteiger partial charge on any atom is -0.494 e. The molecule has 0 fully saturated rings. The molecule has 0 bridgehead atoms. The summed E-state index contributed by atoms with van der Waals surface area (Å²) in [7, 11) is 0. The molecule has 2 heteroatoms. The maximum absolute atomic E-state index is 5.40. The average Bonchev–Trinajstić information content (AvgIpc) is 2.42. The second-order valence-electron chi connectivity index (χ2n) is 4.53. The molecule has 2 rings (SSSR count). The van der Waals surface area contributed by atoms with Crippen LogP contribution in [0.15, 0.2) is 47.5 Å². The number of hydrogen-bond donors (Lipinski definition) is 0. The van der Waals surface area contributed by atoms with Gasteiger partial charge in [-0.3, -0.25) is 4.99 Å². The lowest BCUT2D eigenvalue weighted by atomic mass is 10.1. The van der Waals surface area contributed by atoms with Gasteiger partial charge in [0.2, 0.25) is 0 Å². The van der Waals surface area contributed by atoms with Crippen molar-refractivity contribution in [1.29, 1.82) is 0 Å². The van der Waals surface area contributed by atoms with Crippen molar-refractivity contribution in [3.05, 3.63) is 59.2 Å². The van der Waals surface area contributed by atoms with Crippen molar-refractivity contribution in [2.24, 2.45) is 4.99 Å². The molecule has 98 valence electrons. The second kappa shape index (κ2) is 6.19. The van der Waals surface area contributed by atoms with Gasteiger partial charge in [-0.15, -0.1) is 0 Å². The van der Waals surface area contributed by atoms with E-state index in [0.29, 0.717) is 6.61 Å². The molecule has 2 aromatic carbocycles. The number of aliphatic imine (C=N–C) groups is 1. The molecule has 0 atom stereocenters. The molecule has 0 amide bonds. The summed E-state index contributed by atoms with van der Waals surface area (Å²) in [6, 6.07) is 14.2. The first-order chi connectivity index (χ1) is 9.19. The number of hydrogen-bond acceptors (Lipinski definition) is 2. The number of aryl methyl sites for hydroxylation is 2. The standard InChI is InChI=1S/C17H19NO/c1-4-19-17-9-7-16(8-10-17)18-12-15-6-5-13(2)14(3)11-15/h5-12H,4H2,1-3H3. The number of benzene rings is 2. The van der Waals surface area contributed by atoms with Crippen LogP contribution in [0.4, 0.5) is 5.69 Å². The lowest BCUT2D eigenvalue weighted by Gasteiger charge is -2.02. The molecule has 0 aliphatic rings. The van der Waals surface area contributed by atoms with Crippen LogP contribution in [0, 0.1) is 13.8 Å². The molecule has 0 unspecified atom stereocenters. The van der Waals surface area contributed by atoms with Crippen LogP contribution < -0.4 is 4.74 Å². The topological polar surface area (TPSA) is 21.6 Å². The zero-order chi connectivity index (χ0) is 13.7. The smallest absolute Gasteiger partial charge is 0.119 e. The molecule has 0 aromatic heterocycles. The third-order valence-electron chi connectivity index (χ3n) is 3.04. The van der Waals surface area contributed by atoms with Crippen LogP contribution in [0.25, 0.3) is 0 Å². The van der Waals surface area contributed by atoms with Crippen molar-refractivity contribution in [3.63, 3.8) is 0 Å². The molecule has 2 nitrogen and oxygen atoms in total. The Morgan fingerprint density at radius 1 is 1.00 bits per heavy atom. The van der Waals surface area contributed by atoms with E-state index in [1.165, 1.54) is 11.1 Å². The van der Waals surface area contributed by atoms with Gasteiger partial charge in [0.25, 0.3) is 0 Å². The summed E-state index contributed by atoms with van der Waals surface area (Å²) in [4.78, 5) is 4.47. The van der Waals surface area contributed by atoms with Gasteiger partial charge < -0.3 is 4.74 Å². The highest BCUT2D eigenvalue weighted by molar-refractivity contribution is 5.82. The lowest BCUT2D eigenvalue weighted by Crippen LogP contribution is -1.90. The highest BCUT2D eigenvalue weighted by Crippen LogP contribution is 2.18. The van der Waals surface area contributed by atoms with E-state index in [2.05, 4.69) is 37.0 Å². The SMILES string of the molecule is CCOc1ccc(N=Cc2ccc(C)c(C)c2)cc1. The Hall–Kier alpha value is -2.09. The summed E-state index contributed by atoms with van der Waals surface area (Å²) >= 11 is 0. The summed E-state index contributed by atoms with van der Waals surface area (Å²) in [6.45, 7) is 6.89. The van der Waals surface area contributed by atoms with Gasteiger partial charge in [-0.1, -0.05) is 18.2 Å². The predicted octanol–water partition coefficient (Wildman–Crippen LogP) is 4.45. The Morgan fingerprint density at radius 3 is 2.37 bits per heavy atom. The molecular weight excluding hydrogens is 234 g/mol. The molecule has 0 radical (unpaired) electrons. The van der Waals surface area contributed by atoms with Crippen molar-refractivity contribution >= 4 is 11.9 Å². The van der Waals surface area contributed by atoms with Crippen LogP contribution >= 0.6 is 0 Å². The highest BCUT2D eigenvalue weighted by Gasteiger charge is 1.95. The highest BCUT2D eigenvalue weighted by atomic mass is 16.5. The Balaban J connectivity index is 2.11. The van der Waals surface area contributed by atoms with Gasteiger partial charge in [-0.05, 0) is 61.7 Å². The quantitative estimate of drug-likeness (QED) is 0.737. The molecule has 0 saturated carbocycles. The van der Waals surface area contributed by atoms with Gasteiger partial charge in [-0.2, -0.15) is 0 Å². The summed E-state index contributed by atoms with van der Waals surface area (Å²) in [5.41, 5.74) is 4.65. The molecule has 0 aliphatic carbocycles. The number of nitrogens with zero attached hydrogens (tertiary/aromatic N) is 1. The second-order valence-corrected chi connectivity index (χ2v) is 4.53. The fraction of sp³-hybridized carbons (Fsp3) is 0.235. The van der Waals surface area contributed by atoms with Crippen LogP contribution in [0.2, 0.25) is 0 Å². The van der Waals surface area contributed by atoms with E-state index in [1.54, 1.807) is 0 Å². The van der Waals surface area contributed by atoms with Gasteiger partial charge in [0.1, 0.15) is 5.75 Å². The molecule has 0 saturated heterocycles. The summed E-state index contributed by atoms with van der Waals surface area (Å²) in [6.07, 6.45) is 1.89. The lowest BCUT2D eigenvalue weighted by molar-refractivity contribution is 0.340. The zero-order valence-corrected chi connectivity index (χ0v) is 11.7. The first kappa shape index (κ1) is 13.3. The summed E-state index contributed by atoms with van der Waals surface area (Å²) < 4.78 is 5.40. The van der Waals surface area contributed by atoms with Crippen molar-refractivity contribution in [1.82, 2.24) is 0 Å². The van der Waals surface area contributed by atoms with Crippen LogP contribution in [0.5, 0.6) is 5.75 Å². The average molecular weight is 253 g/mol. The fourth-order valence-corrected chi connectivity index (χ4v) is 1.79. The van der Waals surface area contributed by atoms with E-state index in [-0.39, 0.29) is 0 Å². The fourth-order valence-electron chi connectivity index (χ4n) is 1.79. The monoisotopic (exact) mass is 253 g/mol. The van der Waals surface area contributed by atoms with E-state index in [9.17, 15) is 0 Å². The number of ether oxygens (including phenoxy) is 1. The molecule has 0 aliphatic heterocycles. The van der Waals surface area contributed by atoms with E-state index < -0.39 is 0 Å². The zero-order valence-electron chi connectivity index (χ0n) is 11.7. The van der Waals surface area contributed by atoms with E-state index in [0.717, 1.165) is 17.0 Å². The maximum atomic E-state index is 5.40.